The van der Waals surface area contributed by atoms with Crippen molar-refractivity contribution in [2.24, 2.45) is 0 Å². The molecule has 0 aromatic heterocycles. The molecule has 0 heterocycles. The average Bonchev–Trinajstić information content (AvgIpc) is 2.79. The Morgan fingerprint density at radius 1 is 0.806 bits per heavy atom. The molecule has 0 fully saturated rings. The number of carbonyl (C=O) groups excluding carboxylic acids is 3. The highest BCUT2D eigenvalue weighted by Crippen LogP contribution is 2.29. The van der Waals surface area contributed by atoms with E-state index in [0.29, 0.717) is 11.3 Å². The van der Waals surface area contributed by atoms with E-state index < -0.39 is 23.8 Å². The van der Waals surface area contributed by atoms with Crippen LogP contribution in [-0.2, 0) is 14.3 Å². The van der Waals surface area contributed by atoms with E-state index >= 15 is 0 Å². The van der Waals surface area contributed by atoms with Crippen molar-refractivity contribution in [3.05, 3.63) is 102 Å². The molecule has 3 aromatic rings. The molecule has 6 heteroatoms. The number of amides is 2. The first kappa shape index (κ1) is 21.8. The van der Waals surface area contributed by atoms with Crippen LogP contribution in [0.3, 0.4) is 0 Å². The predicted octanol–water partition coefficient (Wildman–Crippen LogP) is 3.75. The molecule has 0 saturated heterocycles. The van der Waals surface area contributed by atoms with Crippen molar-refractivity contribution in [1.82, 2.24) is 5.32 Å². The first-order chi connectivity index (χ1) is 15.0. The molecule has 0 unspecified atom stereocenters. The minimum atomic E-state index is -0.952. The molecule has 0 aliphatic heterocycles. The van der Waals surface area contributed by atoms with Crippen molar-refractivity contribution in [1.29, 1.82) is 0 Å². The molecule has 6 nitrogen and oxygen atoms in total. The van der Waals surface area contributed by atoms with E-state index in [4.69, 9.17) is 4.74 Å². The standard InChI is InChI=1S/C25H24N2O4/c1-17(28)26-21-15-9-14-20(16-21)24(29)27-23(25(30)31-2)22(18-10-5-3-6-11-18)19-12-7-4-8-13-19/h3-16,22-23H,1-2H3,(H,26,28)(H,27,29)/t23-/m0/s1. The van der Waals surface area contributed by atoms with Crippen LogP contribution in [0.5, 0.6) is 0 Å². The third kappa shape index (κ3) is 5.57. The summed E-state index contributed by atoms with van der Waals surface area (Å²) in [6.45, 7) is 1.39. The highest BCUT2D eigenvalue weighted by Gasteiger charge is 2.33. The molecule has 1 atom stereocenters. The van der Waals surface area contributed by atoms with Gasteiger partial charge in [0.1, 0.15) is 6.04 Å². The van der Waals surface area contributed by atoms with E-state index in [2.05, 4.69) is 10.6 Å². The molecule has 0 radical (unpaired) electrons. The van der Waals surface area contributed by atoms with Crippen LogP contribution in [0.2, 0.25) is 0 Å². The summed E-state index contributed by atoms with van der Waals surface area (Å²) in [6, 6.07) is 24.6. The number of carbonyl (C=O) groups is 3. The molecule has 158 valence electrons. The molecule has 0 bridgehead atoms. The largest absolute Gasteiger partial charge is 0.467 e. The summed E-state index contributed by atoms with van der Waals surface area (Å²) in [4.78, 5) is 37.2. The van der Waals surface area contributed by atoms with Gasteiger partial charge in [-0.1, -0.05) is 66.7 Å². The van der Waals surface area contributed by atoms with Crippen molar-refractivity contribution in [2.75, 3.05) is 12.4 Å². The number of ether oxygens (including phenoxy) is 1. The minimum Gasteiger partial charge on any atom is -0.467 e. The van der Waals surface area contributed by atoms with Crippen LogP contribution in [0, 0.1) is 0 Å². The summed E-state index contributed by atoms with van der Waals surface area (Å²) in [5.74, 6) is -1.68. The fourth-order valence-electron chi connectivity index (χ4n) is 3.47. The van der Waals surface area contributed by atoms with Crippen LogP contribution in [-0.4, -0.2) is 30.9 Å². The number of hydrogen-bond acceptors (Lipinski definition) is 4. The molecular weight excluding hydrogens is 392 g/mol. The van der Waals surface area contributed by atoms with Gasteiger partial charge < -0.3 is 15.4 Å². The van der Waals surface area contributed by atoms with Crippen LogP contribution in [0.25, 0.3) is 0 Å². The smallest absolute Gasteiger partial charge is 0.329 e. The van der Waals surface area contributed by atoms with Crippen LogP contribution in [0.1, 0.15) is 34.3 Å². The molecule has 0 spiro atoms. The molecule has 2 N–H and O–H groups in total. The van der Waals surface area contributed by atoms with Gasteiger partial charge >= 0.3 is 5.97 Å². The van der Waals surface area contributed by atoms with Crippen LogP contribution < -0.4 is 10.6 Å². The second-order valence-corrected chi connectivity index (χ2v) is 7.04. The quantitative estimate of drug-likeness (QED) is 0.575. The molecule has 2 amide bonds. The van der Waals surface area contributed by atoms with Crippen molar-refractivity contribution in [3.8, 4) is 0 Å². The van der Waals surface area contributed by atoms with Gasteiger partial charge in [-0.25, -0.2) is 4.79 Å². The topological polar surface area (TPSA) is 84.5 Å². The Labute approximate surface area is 181 Å². The number of hydrogen-bond donors (Lipinski definition) is 2. The van der Waals surface area contributed by atoms with Crippen molar-refractivity contribution in [2.45, 2.75) is 18.9 Å². The molecule has 0 aliphatic carbocycles. The SMILES string of the molecule is COC(=O)[C@@H](NC(=O)c1cccc(NC(C)=O)c1)C(c1ccccc1)c1ccccc1. The van der Waals surface area contributed by atoms with E-state index in [-0.39, 0.29) is 5.91 Å². The van der Waals surface area contributed by atoms with Gasteiger partial charge in [0.05, 0.1) is 7.11 Å². The summed E-state index contributed by atoms with van der Waals surface area (Å²) in [6.07, 6.45) is 0. The van der Waals surface area contributed by atoms with Gasteiger partial charge in [-0.2, -0.15) is 0 Å². The highest BCUT2D eigenvalue weighted by atomic mass is 16.5. The molecule has 31 heavy (non-hydrogen) atoms. The van der Waals surface area contributed by atoms with Gasteiger partial charge in [0.25, 0.3) is 5.91 Å². The van der Waals surface area contributed by atoms with Crippen LogP contribution >= 0.6 is 0 Å². The molecule has 3 rings (SSSR count). The second kappa shape index (κ2) is 10.2. The van der Waals surface area contributed by atoms with Crippen molar-refractivity contribution >= 4 is 23.5 Å². The Balaban J connectivity index is 1.97. The Kier molecular flexibility index (Phi) is 7.17. The zero-order valence-electron chi connectivity index (χ0n) is 17.4. The van der Waals surface area contributed by atoms with Gasteiger partial charge in [-0.05, 0) is 29.3 Å². The number of anilines is 1. The monoisotopic (exact) mass is 416 g/mol. The highest BCUT2D eigenvalue weighted by molar-refractivity contribution is 5.99. The van der Waals surface area contributed by atoms with E-state index in [1.807, 2.05) is 60.7 Å². The Bertz CT molecular complexity index is 1010. The van der Waals surface area contributed by atoms with E-state index in [9.17, 15) is 14.4 Å². The number of nitrogens with one attached hydrogen (secondary N) is 2. The third-order valence-corrected chi connectivity index (χ3v) is 4.84. The maximum atomic E-state index is 13.0. The average molecular weight is 416 g/mol. The summed E-state index contributed by atoms with van der Waals surface area (Å²) >= 11 is 0. The van der Waals surface area contributed by atoms with Gasteiger partial charge in [0.2, 0.25) is 5.91 Å². The summed E-state index contributed by atoms with van der Waals surface area (Å²) in [5, 5.41) is 5.49. The maximum absolute atomic E-state index is 13.0. The fourth-order valence-corrected chi connectivity index (χ4v) is 3.47. The number of rotatable bonds is 7. The number of methoxy groups -OCH3 is 1. The molecule has 3 aromatic carbocycles. The van der Waals surface area contributed by atoms with E-state index in [0.717, 1.165) is 11.1 Å². The Morgan fingerprint density at radius 3 is 1.90 bits per heavy atom. The van der Waals surface area contributed by atoms with E-state index in [1.165, 1.54) is 14.0 Å². The van der Waals surface area contributed by atoms with Gasteiger partial charge in [0.15, 0.2) is 0 Å². The maximum Gasteiger partial charge on any atom is 0.329 e. The third-order valence-electron chi connectivity index (χ3n) is 4.84. The zero-order chi connectivity index (χ0) is 22.2. The molecular formula is C25H24N2O4. The lowest BCUT2D eigenvalue weighted by atomic mass is 9.84. The molecule has 0 aliphatic rings. The van der Waals surface area contributed by atoms with Gasteiger partial charge in [-0.15, -0.1) is 0 Å². The van der Waals surface area contributed by atoms with Crippen molar-refractivity contribution < 1.29 is 19.1 Å². The number of esters is 1. The number of benzene rings is 3. The van der Waals surface area contributed by atoms with Crippen LogP contribution in [0.15, 0.2) is 84.9 Å². The zero-order valence-corrected chi connectivity index (χ0v) is 17.4. The molecule has 0 saturated carbocycles. The lowest BCUT2D eigenvalue weighted by molar-refractivity contribution is -0.143. The summed E-state index contributed by atoms with van der Waals surface area (Å²) < 4.78 is 5.04. The normalized spacial score (nSPS) is 11.5. The van der Waals surface area contributed by atoms with Crippen LogP contribution in [0.4, 0.5) is 5.69 Å². The van der Waals surface area contributed by atoms with E-state index in [1.54, 1.807) is 24.3 Å². The van der Waals surface area contributed by atoms with Crippen molar-refractivity contribution in [3.63, 3.8) is 0 Å². The first-order valence-corrected chi connectivity index (χ1v) is 9.86. The fraction of sp³-hybridized carbons (Fsp3) is 0.160. The Morgan fingerprint density at radius 2 is 1.39 bits per heavy atom. The van der Waals surface area contributed by atoms with Gasteiger partial charge in [0, 0.05) is 24.1 Å². The second-order valence-electron chi connectivity index (χ2n) is 7.04. The minimum absolute atomic E-state index is 0.238. The predicted molar refractivity (Wildman–Crippen MR) is 119 cm³/mol. The first-order valence-electron chi connectivity index (χ1n) is 9.86. The summed E-state index contributed by atoms with van der Waals surface area (Å²) in [5.41, 5.74) is 2.56. The Hall–Kier alpha value is -3.93. The lowest BCUT2D eigenvalue weighted by Gasteiger charge is -2.27. The summed E-state index contributed by atoms with van der Waals surface area (Å²) in [7, 11) is 1.30. The lowest BCUT2D eigenvalue weighted by Crippen LogP contribution is -2.46. The van der Waals surface area contributed by atoms with Gasteiger partial charge in [-0.3, -0.25) is 9.59 Å².